The highest BCUT2D eigenvalue weighted by Crippen LogP contribution is 2.44. The Balaban J connectivity index is 2.01. The van der Waals surface area contributed by atoms with Gasteiger partial charge in [-0.2, -0.15) is 0 Å². The summed E-state index contributed by atoms with van der Waals surface area (Å²) in [6.45, 7) is 8.36. The number of ether oxygens (including phenoxy) is 3. The Hall–Kier alpha value is -1.85. The van der Waals surface area contributed by atoms with Crippen LogP contribution in [0.25, 0.3) is 0 Å². The third kappa shape index (κ3) is 2.40. The summed E-state index contributed by atoms with van der Waals surface area (Å²) in [5.41, 5.74) is 3.42. The number of carbonyl (C=O) groups is 1. The molecule has 0 saturated heterocycles. The fourth-order valence-corrected chi connectivity index (χ4v) is 2.86. The van der Waals surface area contributed by atoms with E-state index in [4.69, 9.17) is 14.2 Å². The van der Waals surface area contributed by atoms with Crippen LogP contribution in [0.5, 0.6) is 11.5 Å². The van der Waals surface area contributed by atoms with Crippen LogP contribution in [-0.4, -0.2) is 37.7 Å². The number of fused-ring (bicyclic) bond motifs is 3. The number of benzene rings is 1. The molecule has 0 atom stereocenters. The Morgan fingerprint density at radius 2 is 2.18 bits per heavy atom. The van der Waals surface area contributed by atoms with Crippen LogP contribution in [-0.2, 0) is 11.3 Å². The second-order valence-corrected chi connectivity index (χ2v) is 5.95. The topological polar surface area (TPSA) is 48.0 Å². The first-order valence-electron chi connectivity index (χ1n) is 7.43. The minimum absolute atomic E-state index is 0.0238. The first kappa shape index (κ1) is 15.1. The van der Waals surface area contributed by atoms with Gasteiger partial charge < -0.3 is 14.2 Å². The van der Waals surface area contributed by atoms with Gasteiger partial charge in [-0.3, -0.25) is 9.69 Å². The van der Waals surface area contributed by atoms with Crippen LogP contribution < -0.4 is 9.47 Å². The molecule has 0 N–H and O–H groups in total. The second-order valence-electron chi connectivity index (χ2n) is 5.95. The monoisotopic (exact) mass is 303 g/mol. The summed E-state index contributed by atoms with van der Waals surface area (Å²) < 4.78 is 16.9. The molecule has 2 aliphatic rings. The summed E-state index contributed by atoms with van der Waals surface area (Å²) in [7, 11) is 1.68. The standard InChI is InChI=1S/C17H21NO4/c1-10(2)16-15(19)14-11(3)7-13-12(17(14)22-16)8-18(9-21-13)5-6-20-4/h7H,5-6,8-9H2,1-4H3. The molecule has 22 heavy (non-hydrogen) atoms. The van der Waals surface area contributed by atoms with Gasteiger partial charge in [0, 0.05) is 20.2 Å². The molecule has 0 saturated carbocycles. The molecular formula is C17H21NO4. The number of ketones is 1. The predicted octanol–water partition coefficient (Wildman–Crippen LogP) is 2.66. The van der Waals surface area contributed by atoms with Gasteiger partial charge in [0.25, 0.3) is 0 Å². The normalized spacial score (nSPS) is 16.9. The van der Waals surface area contributed by atoms with Gasteiger partial charge in [-0.25, -0.2) is 0 Å². The number of nitrogens with zero attached hydrogens (tertiary/aromatic N) is 1. The van der Waals surface area contributed by atoms with Crippen molar-refractivity contribution in [1.29, 1.82) is 0 Å². The van der Waals surface area contributed by atoms with E-state index >= 15 is 0 Å². The highest BCUT2D eigenvalue weighted by atomic mass is 16.5. The lowest BCUT2D eigenvalue weighted by molar-refractivity contribution is 0.0645. The van der Waals surface area contributed by atoms with Crippen LogP contribution >= 0.6 is 0 Å². The summed E-state index contributed by atoms with van der Waals surface area (Å²) in [5.74, 6) is 1.90. The number of Topliss-reactive ketones (excluding diaryl/α,β-unsaturated/α-hetero) is 1. The zero-order valence-corrected chi connectivity index (χ0v) is 13.5. The molecule has 0 aliphatic carbocycles. The Morgan fingerprint density at radius 1 is 1.41 bits per heavy atom. The van der Waals surface area contributed by atoms with Crippen molar-refractivity contribution >= 4 is 5.78 Å². The molecule has 2 aliphatic heterocycles. The Bertz CT molecular complexity index is 659. The number of carbonyl (C=O) groups excluding carboxylic acids is 1. The second kappa shape index (κ2) is 5.74. The van der Waals surface area contributed by atoms with Crippen molar-refractivity contribution in [2.24, 2.45) is 0 Å². The Labute approximate surface area is 130 Å². The van der Waals surface area contributed by atoms with Gasteiger partial charge in [-0.15, -0.1) is 0 Å². The van der Waals surface area contributed by atoms with E-state index < -0.39 is 0 Å². The van der Waals surface area contributed by atoms with E-state index in [2.05, 4.69) is 4.90 Å². The van der Waals surface area contributed by atoms with Crippen LogP contribution in [0.3, 0.4) is 0 Å². The van der Waals surface area contributed by atoms with Crippen molar-refractivity contribution in [3.63, 3.8) is 0 Å². The van der Waals surface area contributed by atoms with Gasteiger partial charge in [0.1, 0.15) is 18.2 Å². The van der Waals surface area contributed by atoms with Crippen molar-refractivity contribution in [2.75, 3.05) is 27.0 Å². The molecular weight excluding hydrogens is 282 g/mol. The van der Waals surface area contributed by atoms with Gasteiger partial charge in [-0.05, 0) is 38.0 Å². The summed E-state index contributed by atoms with van der Waals surface area (Å²) in [4.78, 5) is 14.7. The predicted molar refractivity (Wildman–Crippen MR) is 82.3 cm³/mol. The lowest BCUT2D eigenvalue weighted by atomic mass is 9.98. The largest absolute Gasteiger partial charge is 0.478 e. The minimum Gasteiger partial charge on any atom is -0.478 e. The molecule has 118 valence electrons. The SMILES string of the molecule is COCCN1COc2cc(C)c3c(c2C1)OC(=C(C)C)C3=O. The number of allylic oxidation sites excluding steroid dienone is 2. The highest BCUT2D eigenvalue weighted by Gasteiger charge is 2.35. The number of aryl methyl sites for hydroxylation is 1. The summed E-state index contributed by atoms with van der Waals surface area (Å²) in [6, 6.07) is 1.94. The van der Waals surface area contributed by atoms with E-state index in [-0.39, 0.29) is 5.78 Å². The molecule has 0 amide bonds. The van der Waals surface area contributed by atoms with Crippen molar-refractivity contribution in [1.82, 2.24) is 4.90 Å². The molecule has 0 aromatic heterocycles. The highest BCUT2D eigenvalue weighted by molar-refractivity contribution is 6.14. The molecule has 0 bridgehead atoms. The molecule has 0 fully saturated rings. The number of hydrogen-bond acceptors (Lipinski definition) is 5. The van der Waals surface area contributed by atoms with Crippen molar-refractivity contribution in [3.8, 4) is 11.5 Å². The maximum absolute atomic E-state index is 12.5. The van der Waals surface area contributed by atoms with Crippen LogP contribution in [0.2, 0.25) is 0 Å². The van der Waals surface area contributed by atoms with Gasteiger partial charge in [-0.1, -0.05) is 0 Å². The molecule has 0 radical (unpaired) electrons. The van der Waals surface area contributed by atoms with Crippen LogP contribution in [0.15, 0.2) is 17.4 Å². The zero-order valence-electron chi connectivity index (χ0n) is 13.5. The third-order valence-electron chi connectivity index (χ3n) is 4.03. The number of methoxy groups -OCH3 is 1. The quantitative estimate of drug-likeness (QED) is 0.803. The van der Waals surface area contributed by atoms with Crippen LogP contribution in [0.4, 0.5) is 0 Å². The van der Waals surface area contributed by atoms with Crippen LogP contribution in [0.1, 0.15) is 35.3 Å². The van der Waals surface area contributed by atoms with E-state index in [1.807, 2.05) is 26.8 Å². The molecule has 1 aromatic carbocycles. The smallest absolute Gasteiger partial charge is 0.232 e. The molecule has 0 unspecified atom stereocenters. The number of rotatable bonds is 3. The average molecular weight is 303 g/mol. The van der Waals surface area contributed by atoms with E-state index in [9.17, 15) is 4.79 Å². The Kier molecular flexibility index (Phi) is 3.93. The van der Waals surface area contributed by atoms with Crippen molar-refractivity contribution in [3.05, 3.63) is 34.1 Å². The molecule has 0 spiro atoms. The molecule has 1 aromatic rings. The molecule has 5 nitrogen and oxygen atoms in total. The third-order valence-corrected chi connectivity index (χ3v) is 4.03. The maximum atomic E-state index is 12.5. The van der Waals surface area contributed by atoms with E-state index in [0.717, 1.165) is 29.0 Å². The van der Waals surface area contributed by atoms with Gasteiger partial charge >= 0.3 is 0 Å². The number of hydrogen-bond donors (Lipinski definition) is 0. The first-order chi connectivity index (χ1) is 10.5. The van der Waals surface area contributed by atoms with E-state index in [1.165, 1.54) is 0 Å². The average Bonchev–Trinajstić information content (AvgIpc) is 2.84. The maximum Gasteiger partial charge on any atom is 0.232 e. The lowest BCUT2D eigenvalue weighted by Gasteiger charge is -2.29. The first-order valence-corrected chi connectivity index (χ1v) is 7.43. The zero-order chi connectivity index (χ0) is 15.9. The fraction of sp³-hybridized carbons (Fsp3) is 0.471. The van der Waals surface area contributed by atoms with E-state index in [0.29, 0.717) is 37.0 Å². The van der Waals surface area contributed by atoms with Crippen molar-refractivity contribution < 1.29 is 19.0 Å². The van der Waals surface area contributed by atoms with Crippen molar-refractivity contribution in [2.45, 2.75) is 27.3 Å². The summed E-state index contributed by atoms with van der Waals surface area (Å²) in [5, 5.41) is 0. The summed E-state index contributed by atoms with van der Waals surface area (Å²) in [6.07, 6.45) is 0. The van der Waals surface area contributed by atoms with Gasteiger partial charge in [0.15, 0.2) is 5.76 Å². The lowest BCUT2D eigenvalue weighted by Crippen LogP contribution is -2.34. The molecule has 2 heterocycles. The molecule has 3 rings (SSSR count). The minimum atomic E-state index is -0.0238. The fourth-order valence-electron chi connectivity index (χ4n) is 2.86. The Morgan fingerprint density at radius 3 is 2.86 bits per heavy atom. The van der Waals surface area contributed by atoms with Crippen LogP contribution in [0, 0.1) is 6.92 Å². The van der Waals surface area contributed by atoms with E-state index in [1.54, 1.807) is 7.11 Å². The van der Waals surface area contributed by atoms with Gasteiger partial charge in [0.2, 0.25) is 5.78 Å². The van der Waals surface area contributed by atoms with Gasteiger partial charge in [0.05, 0.1) is 17.7 Å². The molecule has 5 heteroatoms. The summed E-state index contributed by atoms with van der Waals surface area (Å²) >= 11 is 0.